The van der Waals surface area contributed by atoms with Crippen molar-refractivity contribution in [1.29, 1.82) is 0 Å². The summed E-state index contributed by atoms with van der Waals surface area (Å²) in [6, 6.07) is 9.40. The summed E-state index contributed by atoms with van der Waals surface area (Å²) >= 11 is 0. The van der Waals surface area contributed by atoms with Crippen molar-refractivity contribution in [1.82, 2.24) is 9.97 Å². The van der Waals surface area contributed by atoms with Crippen molar-refractivity contribution in [3.05, 3.63) is 36.5 Å². The lowest BCUT2D eigenvalue weighted by molar-refractivity contribution is -0.126. The van der Waals surface area contributed by atoms with E-state index in [1.54, 1.807) is 13.3 Å². The first-order valence-corrected chi connectivity index (χ1v) is 9.01. The molecule has 1 aromatic heterocycles. The van der Waals surface area contributed by atoms with Crippen LogP contribution >= 0.6 is 0 Å². The predicted molar refractivity (Wildman–Crippen MR) is 99.8 cm³/mol. The van der Waals surface area contributed by atoms with Crippen molar-refractivity contribution in [2.75, 3.05) is 32.2 Å². The highest BCUT2D eigenvalue weighted by molar-refractivity contribution is 5.75. The molecular weight excluding hydrogens is 364 g/mol. The minimum atomic E-state index is -0.514. The molecular formula is C19H22N4O5. The third-order valence-electron chi connectivity index (χ3n) is 4.80. The molecule has 2 aromatic rings. The Labute approximate surface area is 162 Å². The van der Waals surface area contributed by atoms with Crippen molar-refractivity contribution in [2.24, 2.45) is 5.73 Å². The van der Waals surface area contributed by atoms with Crippen molar-refractivity contribution in [2.45, 2.75) is 24.4 Å². The van der Waals surface area contributed by atoms with Crippen molar-refractivity contribution in [3.8, 4) is 17.0 Å². The lowest BCUT2D eigenvalue weighted by Gasteiger charge is -2.18. The smallest absolute Gasteiger partial charge is 0.243 e. The van der Waals surface area contributed by atoms with E-state index >= 15 is 0 Å². The highest BCUT2D eigenvalue weighted by atomic mass is 16.6. The summed E-state index contributed by atoms with van der Waals surface area (Å²) < 4.78 is 22.3. The first-order valence-electron chi connectivity index (χ1n) is 9.01. The molecule has 0 bridgehead atoms. The monoisotopic (exact) mass is 386 g/mol. The highest BCUT2D eigenvalue weighted by Gasteiger charge is 2.48. The van der Waals surface area contributed by atoms with Gasteiger partial charge in [0.15, 0.2) is 0 Å². The minimum Gasteiger partial charge on any atom is -0.497 e. The minimum absolute atomic E-state index is 0.113. The van der Waals surface area contributed by atoms with Gasteiger partial charge in [0, 0.05) is 11.8 Å². The number of hydrogen-bond acceptors (Lipinski definition) is 8. The van der Waals surface area contributed by atoms with Gasteiger partial charge in [0.05, 0.1) is 32.1 Å². The van der Waals surface area contributed by atoms with E-state index in [1.807, 2.05) is 30.3 Å². The van der Waals surface area contributed by atoms with Gasteiger partial charge in [-0.1, -0.05) is 0 Å². The fraction of sp³-hybridized carbons (Fsp3) is 0.421. The molecule has 2 aliphatic rings. The van der Waals surface area contributed by atoms with Crippen molar-refractivity contribution < 1.29 is 23.7 Å². The molecule has 4 atom stereocenters. The van der Waals surface area contributed by atoms with Crippen molar-refractivity contribution >= 4 is 11.9 Å². The molecule has 1 aromatic carbocycles. The van der Waals surface area contributed by atoms with Crippen LogP contribution < -0.4 is 15.8 Å². The number of fused-ring (bicyclic) bond motifs is 1. The SMILES string of the molecule is COc1ccc(-c2ccnc(N[C@@H]3CO[C@@H]4[C@@H]3OC[C@H]4OCC(N)=O)n2)cc1. The van der Waals surface area contributed by atoms with Crippen LogP contribution in [0.15, 0.2) is 36.5 Å². The summed E-state index contributed by atoms with van der Waals surface area (Å²) in [4.78, 5) is 19.8. The normalized spacial score (nSPS) is 26.0. The highest BCUT2D eigenvalue weighted by Crippen LogP contribution is 2.30. The van der Waals surface area contributed by atoms with E-state index in [-0.39, 0.29) is 31.0 Å². The van der Waals surface area contributed by atoms with Gasteiger partial charge in [-0.3, -0.25) is 4.79 Å². The molecule has 2 fully saturated rings. The van der Waals surface area contributed by atoms with Crippen LogP contribution in [-0.4, -0.2) is 67.2 Å². The maximum Gasteiger partial charge on any atom is 0.243 e. The topological polar surface area (TPSA) is 118 Å². The number of methoxy groups -OCH3 is 1. The lowest BCUT2D eigenvalue weighted by atomic mass is 10.1. The van der Waals surface area contributed by atoms with Crippen LogP contribution in [0.4, 0.5) is 5.95 Å². The number of amides is 1. The molecule has 0 spiro atoms. The Hall–Kier alpha value is -2.75. The zero-order chi connectivity index (χ0) is 19.5. The van der Waals surface area contributed by atoms with Crippen LogP contribution in [0.1, 0.15) is 0 Å². The van der Waals surface area contributed by atoms with Gasteiger partial charge in [-0.05, 0) is 30.3 Å². The summed E-state index contributed by atoms with van der Waals surface area (Å²) in [5, 5.41) is 3.29. The molecule has 4 rings (SSSR count). The summed E-state index contributed by atoms with van der Waals surface area (Å²) in [5.74, 6) is 0.768. The first kappa shape index (κ1) is 18.6. The summed E-state index contributed by atoms with van der Waals surface area (Å²) in [5.41, 5.74) is 6.89. The maximum atomic E-state index is 10.9. The second-order valence-corrected chi connectivity index (χ2v) is 6.66. The number of nitrogens with two attached hydrogens (primary N) is 1. The number of primary amides is 1. The standard InChI is InChI=1S/C19H22N4O5/c1-25-12-4-2-11(3-5-12)13-6-7-21-19(22-13)23-14-8-27-18-15(9-28-17(14)18)26-10-16(20)24/h2-7,14-15,17-18H,8-10H2,1H3,(H2,20,24)(H,21,22,23)/t14-,15-,17-,18+/m1/s1. The van der Waals surface area contributed by atoms with E-state index in [9.17, 15) is 4.79 Å². The molecule has 9 nitrogen and oxygen atoms in total. The van der Waals surface area contributed by atoms with Crippen LogP contribution in [-0.2, 0) is 19.0 Å². The van der Waals surface area contributed by atoms with Crippen LogP contribution in [0, 0.1) is 0 Å². The van der Waals surface area contributed by atoms with Gasteiger partial charge in [0.25, 0.3) is 0 Å². The molecule has 3 N–H and O–H groups in total. The zero-order valence-corrected chi connectivity index (χ0v) is 15.4. The Balaban J connectivity index is 1.42. The van der Waals surface area contributed by atoms with Gasteiger partial charge in [-0.15, -0.1) is 0 Å². The molecule has 1 amide bonds. The number of anilines is 1. The first-order chi connectivity index (χ1) is 13.6. The Morgan fingerprint density at radius 2 is 2.00 bits per heavy atom. The molecule has 0 radical (unpaired) electrons. The fourth-order valence-corrected chi connectivity index (χ4v) is 3.44. The molecule has 0 unspecified atom stereocenters. The number of hydrogen-bond donors (Lipinski definition) is 2. The number of rotatable bonds is 7. The molecule has 0 saturated carbocycles. The van der Waals surface area contributed by atoms with E-state index in [4.69, 9.17) is 24.7 Å². The Bertz CT molecular complexity index is 831. The third-order valence-corrected chi connectivity index (χ3v) is 4.80. The largest absolute Gasteiger partial charge is 0.497 e. The van der Waals surface area contributed by atoms with E-state index < -0.39 is 5.91 Å². The van der Waals surface area contributed by atoms with Gasteiger partial charge in [-0.2, -0.15) is 0 Å². The number of ether oxygens (including phenoxy) is 4. The van der Waals surface area contributed by atoms with Crippen LogP contribution in [0.5, 0.6) is 5.75 Å². The average Bonchev–Trinajstić information content (AvgIpc) is 3.30. The molecule has 3 heterocycles. The second-order valence-electron chi connectivity index (χ2n) is 6.66. The van der Waals surface area contributed by atoms with Crippen LogP contribution in [0.2, 0.25) is 0 Å². The van der Waals surface area contributed by atoms with Gasteiger partial charge in [0.2, 0.25) is 11.9 Å². The van der Waals surface area contributed by atoms with Crippen LogP contribution in [0.3, 0.4) is 0 Å². The number of nitrogens with zero attached hydrogens (tertiary/aromatic N) is 2. The quantitative estimate of drug-likeness (QED) is 0.710. The Kier molecular flexibility index (Phi) is 5.38. The van der Waals surface area contributed by atoms with E-state index in [0.29, 0.717) is 19.2 Å². The van der Waals surface area contributed by atoms with Gasteiger partial charge < -0.3 is 30.0 Å². The Morgan fingerprint density at radius 3 is 2.75 bits per heavy atom. The summed E-state index contributed by atoms with van der Waals surface area (Å²) in [6.07, 6.45) is 0.944. The van der Waals surface area contributed by atoms with Gasteiger partial charge in [-0.25, -0.2) is 9.97 Å². The predicted octanol–water partition coefficient (Wildman–Crippen LogP) is 0.601. The molecule has 2 aliphatic heterocycles. The molecule has 9 heteroatoms. The molecule has 0 aliphatic carbocycles. The number of carbonyl (C=O) groups is 1. The van der Waals surface area contributed by atoms with E-state index in [1.165, 1.54) is 0 Å². The van der Waals surface area contributed by atoms with E-state index in [0.717, 1.165) is 17.0 Å². The second kappa shape index (κ2) is 8.09. The average molecular weight is 386 g/mol. The number of nitrogens with one attached hydrogen (secondary N) is 1. The fourth-order valence-electron chi connectivity index (χ4n) is 3.44. The molecule has 148 valence electrons. The summed E-state index contributed by atoms with van der Waals surface area (Å²) in [6.45, 7) is 0.640. The third kappa shape index (κ3) is 3.91. The summed E-state index contributed by atoms with van der Waals surface area (Å²) in [7, 11) is 1.63. The maximum absolute atomic E-state index is 10.9. The van der Waals surface area contributed by atoms with E-state index in [2.05, 4.69) is 15.3 Å². The number of carbonyl (C=O) groups excluding carboxylic acids is 1. The van der Waals surface area contributed by atoms with Crippen LogP contribution in [0.25, 0.3) is 11.3 Å². The number of aromatic nitrogens is 2. The van der Waals surface area contributed by atoms with Crippen molar-refractivity contribution in [3.63, 3.8) is 0 Å². The molecule has 28 heavy (non-hydrogen) atoms. The lowest BCUT2D eigenvalue weighted by Crippen LogP contribution is -2.37. The Morgan fingerprint density at radius 1 is 1.21 bits per heavy atom. The van der Waals surface area contributed by atoms with Gasteiger partial charge >= 0.3 is 0 Å². The molecule has 2 saturated heterocycles. The van der Waals surface area contributed by atoms with Gasteiger partial charge in [0.1, 0.15) is 30.7 Å². The number of benzene rings is 1. The zero-order valence-electron chi connectivity index (χ0n) is 15.4.